The monoisotopic (exact) mass is 273 g/mol. The van der Waals surface area contributed by atoms with Crippen LogP contribution in [0.15, 0.2) is 12.1 Å². The Kier molecular flexibility index (Phi) is 3.70. The van der Waals surface area contributed by atoms with Gasteiger partial charge in [0.2, 0.25) is 0 Å². The number of anilines is 1. The number of nitrogens with two attached hydrogens (primary N) is 1. The van der Waals surface area contributed by atoms with Gasteiger partial charge in [-0.1, -0.05) is 47.6 Å². The Morgan fingerprint density at radius 3 is 1.53 bits per heavy atom. The Hall–Kier alpha value is -1.19. The zero-order chi connectivity index (χ0) is 15.2. The van der Waals surface area contributed by atoms with E-state index in [2.05, 4.69) is 0 Å². The second-order valence-corrected chi connectivity index (χ2v) is 6.98. The van der Waals surface area contributed by atoms with Gasteiger partial charge in [-0.25, -0.2) is 0 Å². The molecule has 0 atom stereocenters. The van der Waals surface area contributed by atoms with E-state index in [4.69, 9.17) is 5.73 Å². The summed E-state index contributed by atoms with van der Waals surface area (Å²) in [4.78, 5) is 0. The predicted molar refractivity (Wildman–Crippen MR) is 73.3 cm³/mol. The highest BCUT2D eigenvalue weighted by molar-refractivity contribution is 5.60. The van der Waals surface area contributed by atoms with Gasteiger partial charge in [0.1, 0.15) is 0 Å². The molecule has 0 aliphatic rings. The number of rotatable bonds is 0. The zero-order valence-electron chi connectivity index (χ0n) is 12.4. The smallest absolute Gasteiger partial charge is 0.398 e. The number of benzene rings is 1. The molecule has 0 saturated heterocycles. The number of halogens is 3. The Morgan fingerprint density at radius 1 is 0.789 bits per heavy atom. The van der Waals surface area contributed by atoms with Crippen LogP contribution in [0.5, 0.6) is 0 Å². The molecule has 0 bridgehead atoms. The molecule has 0 heterocycles. The molecule has 108 valence electrons. The van der Waals surface area contributed by atoms with Crippen molar-refractivity contribution in [2.75, 3.05) is 5.73 Å². The lowest BCUT2D eigenvalue weighted by Gasteiger charge is -2.28. The van der Waals surface area contributed by atoms with E-state index in [1.165, 1.54) is 6.07 Å². The molecule has 0 unspecified atom stereocenters. The van der Waals surface area contributed by atoms with Gasteiger partial charge in [0.15, 0.2) is 0 Å². The molecule has 0 spiro atoms. The summed E-state index contributed by atoms with van der Waals surface area (Å²) in [7, 11) is 0. The first-order chi connectivity index (χ1) is 8.24. The molecule has 0 saturated carbocycles. The SMILES string of the molecule is CC(C)(C)c1cc(C(C)(C)C)c(N)c(C(F)(F)F)c1. The number of alkyl halides is 3. The van der Waals surface area contributed by atoms with Crippen molar-refractivity contribution >= 4 is 5.69 Å². The molecule has 1 nitrogen and oxygen atoms in total. The largest absolute Gasteiger partial charge is 0.418 e. The van der Waals surface area contributed by atoms with Crippen LogP contribution < -0.4 is 5.73 Å². The van der Waals surface area contributed by atoms with Crippen molar-refractivity contribution in [2.24, 2.45) is 0 Å². The van der Waals surface area contributed by atoms with Crippen molar-refractivity contribution in [3.63, 3.8) is 0 Å². The minimum absolute atomic E-state index is 0.159. The molecule has 1 aromatic carbocycles. The quantitative estimate of drug-likeness (QED) is 0.670. The van der Waals surface area contributed by atoms with Crippen LogP contribution in [0.2, 0.25) is 0 Å². The van der Waals surface area contributed by atoms with Gasteiger partial charge >= 0.3 is 6.18 Å². The minimum Gasteiger partial charge on any atom is -0.398 e. The molecule has 1 aromatic rings. The van der Waals surface area contributed by atoms with Gasteiger partial charge in [0.05, 0.1) is 5.56 Å². The Bertz CT molecular complexity index is 439. The minimum atomic E-state index is -4.43. The summed E-state index contributed by atoms with van der Waals surface area (Å²) >= 11 is 0. The molecule has 0 fully saturated rings. The van der Waals surface area contributed by atoms with E-state index in [0.717, 1.165) is 0 Å². The summed E-state index contributed by atoms with van der Waals surface area (Å²) in [5.41, 5.74) is 5.28. The van der Waals surface area contributed by atoms with Gasteiger partial charge in [-0.15, -0.1) is 0 Å². The summed E-state index contributed by atoms with van der Waals surface area (Å²) in [5, 5.41) is 0. The van der Waals surface area contributed by atoms with Gasteiger partial charge < -0.3 is 5.73 Å². The van der Waals surface area contributed by atoms with Crippen LogP contribution in [0, 0.1) is 0 Å². The Labute approximate surface area is 113 Å². The lowest BCUT2D eigenvalue weighted by Crippen LogP contribution is -2.22. The summed E-state index contributed by atoms with van der Waals surface area (Å²) in [6.07, 6.45) is -4.43. The van der Waals surface area contributed by atoms with Crippen molar-refractivity contribution in [1.82, 2.24) is 0 Å². The van der Waals surface area contributed by atoms with Gasteiger partial charge in [-0.05, 0) is 28.0 Å². The lowest BCUT2D eigenvalue weighted by molar-refractivity contribution is -0.137. The maximum Gasteiger partial charge on any atom is 0.418 e. The molecule has 0 radical (unpaired) electrons. The van der Waals surface area contributed by atoms with Crippen molar-refractivity contribution in [2.45, 2.75) is 58.5 Å². The lowest BCUT2D eigenvalue weighted by atomic mass is 9.78. The highest BCUT2D eigenvalue weighted by atomic mass is 19.4. The predicted octanol–water partition coefficient (Wildman–Crippen LogP) is 4.88. The van der Waals surface area contributed by atoms with E-state index in [9.17, 15) is 13.2 Å². The highest BCUT2D eigenvalue weighted by Gasteiger charge is 2.36. The number of hydrogen-bond acceptors (Lipinski definition) is 1. The van der Waals surface area contributed by atoms with Crippen molar-refractivity contribution < 1.29 is 13.2 Å². The van der Waals surface area contributed by atoms with E-state index < -0.39 is 17.2 Å². The van der Waals surface area contributed by atoms with Gasteiger partial charge in [0, 0.05) is 5.69 Å². The highest BCUT2D eigenvalue weighted by Crippen LogP contribution is 2.41. The summed E-state index contributed by atoms with van der Waals surface area (Å²) in [6, 6.07) is 2.97. The van der Waals surface area contributed by atoms with Crippen LogP contribution >= 0.6 is 0 Å². The van der Waals surface area contributed by atoms with Gasteiger partial charge in [0.25, 0.3) is 0 Å². The topological polar surface area (TPSA) is 26.0 Å². The Balaban J connectivity index is 3.68. The maximum atomic E-state index is 13.1. The van der Waals surface area contributed by atoms with E-state index in [-0.39, 0.29) is 11.1 Å². The number of nitrogen functional groups attached to an aromatic ring is 1. The second kappa shape index (κ2) is 4.43. The maximum absolute atomic E-state index is 13.1. The van der Waals surface area contributed by atoms with Crippen LogP contribution in [-0.2, 0) is 17.0 Å². The average molecular weight is 273 g/mol. The molecule has 0 aliphatic heterocycles. The summed E-state index contributed by atoms with van der Waals surface area (Å²) < 4.78 is 39.3. The fourth-order valence-corrected chi connectivity index (χ4v) is 1.94. The van der Waals surface area contributed by atoms with Crippen LogP contribution in [0.3, 0.4) is 0 Å². The second-order valence-electron chi connectivity index (χ2n) is 6.98. The Morgan fingerprint density at radius 2 is 1.21 bits per heavy atom. The molecule has 1 rings (SSSR count). The van der Waals surface area contributed by atoms with E-state index in [1.807, 2.05) is 41.5 Å². The van der Waals surface area contributed by atoms with Crippen LogP contribution in [-0.4, -0.2) is 0 Å². The normalized spacial score (nSPS) is 13.7. The van der Waals surface area contributed by atoms with Crippen LogP contribution in [0.1, 0.15) is 58.2 Å². The molecule has 4 heteroatoms. The molecular weight excluding hydrogens is 251 g/mol. The van der Waals surface area contributed by atoms with Gasteiger partial charge in [-0.3, -0.25) is 0 Å². The molecular formula is C15H22F3N. The third kappa shape index (κ3) is 3.43. The first kappa shape index (κ1) is 15.9. The van der Waals surface area contributed by atoms with Crippen molar-refractivity contribution in [3.8, 4) is 0 Å². The fourth-order valence-electron chi connectivity index (χ4n) is 1.94. The van der Waals surface area contributed by atoms with Gasteiger partial charge in [-0.2, -0.15) is 13.2 Å². The van der Waals surface area contributed by atoms with Crippen LogP contribution in [0.4, 0.5) is 18.9 Å². The standard InChI is InChI=1S/C15H22F3N/c1-13(2,3)9-7-10(14(4,5)6)12(19)11(8-9)15(16,17)18/h7-8H,19H2,1-6H3. The molecule has 0 aromatic heterocycles. The zero-order valence-corrected chi connectivity index (χ0v) is 12.4. The van der Waals surface area contributed by atoms with E-state index in [0.29, 0.717) is 11.1 Å². The summed E-state index contributed by atoms with van der Waals surface area (Å²) in [6.45, 7) is 11.3. The third-order valence-electron chi connectivity index (χ3n) is 3.16. The molecule has 0 amide bonds. The molecule has 19 heavy (non-hydrogen) atoms. The van der Waals surface area contributed by atoms with E-state index in [1.54, 1.807) is 6.07 Å². The van der Waals surface area contributed by atoms with Crippen molar-refractivity contribution in [3.05, 3.63) is 28.8 Å². The average Bonchev–Trinajstić information content (AvgIpc) is 2.11. The fraction of sp³-hybridized carbons (Fsp3) is 0.600. The van der Waals surface area contributed by atoms with E-state index >= 15 is 0 Å². The van der Waals surface area contributed by atoms with Crippen molar-refractivity contribution in [1.29, 1.82) is 0 Å². The molecule has 2 N–H and O–H groups in total. The molecule has 0 aliphatic carbocycles. The first-order valence-electron chi connectivity index (χ1n) is 6.26. The third-order valence-corrected chi connectivity index (χ3v) is 3.16. The first-order valence-corrected chi connectivity index (χ1v) is 6.26. The van der Waals surface area contributed by atoms with Crippen LogP contribution in [0.25, 0.3) is 0 Å². The number of hydrogen-bond donors (Lipinski definition) is 1. The summed E-state index contributed by atoms with van der Waals surface area (Å²) in [5.74, 6) is 0.